The van der Waals surface area contributed by atoms with E-state index in [0.29, 0.717) is 17.9 Å². The highest BCUT2D eigenvalue weighted by Crippen LogP contribution is 2.28. The highest BCUT2D eigenvalue weighted by atomic mass is 16.5. The molecule has 0 aliphatic carbocycles. The average molecular weight is 345 g/mol. The molecule has 0 aromatic heterocycles. The lowest BCUT2D eigenvalue weighted by molar-refractivity contribution is -0.123. The third-order valence-electron chi connectivity index (χ3n) is 3.83. The lowest BCUT2D eigenvalue weighted by Gasteiger charge is -2.22. The summed E-state index contributed by atoms with van der Waals surface area (Å²) in [6, 6.07) is 4.81. The third kappa shape index (κ3) is 4.37. The number of imide groups is 2. The van der Waals surface area contributed by atoms with Crippen molar-refractivity contribution in [3.05, 3.63) is 29.3 Å². The van der Waals surface area contributed by atoms with Gasteiger partial charge in [0.1, 0.15) is 11.3 Å². The van der Waals surface area contributed by atoms with E-state index in [9.17, 15) is 14.4 Å². The van der Waals surface area contributed by atoms with Crippen molar-refractivity contribution in [2.45, 2.75) is 27.2 Å². The zero-order valence-corrected chi connectivity index (χ0v) is 14.7. The van der Waals surface area contributed by atoms with E-state index >= 15 is 0 Å². The molecule has 0 spiro atoms. The molecule has 7 nitrogen and oxygen atoms in total. The van der Waals surface area contributed by atoms with Gasteiger partial charge >= 0.3 is 6.03 Å². The summed E-state index contributed by atoms with van der Waals surface area (Å²) < 4.78 is 5.80. The first-order valence-electron chi connectivity index (χ1n) is 8.40. The van der Waals surface area contributed by atoms with Gasteiger partial charge in [0.15, 0.2) is 0 Å². The van der Waals surface area contributed by atoms with Crippen LogP contribution in [0, 0.1) is 0 Å². The molecule has 1 aliphatic rings. The normalized spacial score (nSPS) is 14.0. The van der Waals surface area contributed by atoms with E-state index in [0.717, 1.165) is 25.2 Å². The molecule has 0 unspecified atom stereocenters. The Morgan fingerprint density at radius 3 is 2.24 bits per heavy atom. The maximum absolute atomic E-state index is 11.9. The minimum Gasteiger partial charge on any atom is -0.493 e. The van der Waals surface area contributed by atoms with Gasteiger partial charge in [-0.1, -0.05) is 6.92 Å². The molecule has 2 rings (SSSR count). The van der Waals surface area contributed by atoms with E-state index in [1.807, 2.05) is 25.1 Å². The van der Waals surface area contributed by atoms with Crippen LogP contribution in [0.25, 0.3) is 6.08 Å². The molecule has 1 heterocycles. The fourth-order valence-corrected chi connectivity index (χ4v) is 2.53. The fourth-order valence-electron chi connectivity index (χ4n) is 2.53. The summed E-state index contributed by atoms with van der Waals surface area (Å²) in [7, 11) is 0. The van der Waals surface area contributed by atoms with Gasteiger partial charge in [0.2, 0.25) is 0 Å². The predicted octanol–water partition coefficient (Wildman–Crippen LogP) is 2.07. The van der Waals surface area contributed by atoms with E-state index in [1.165, 1.54) is 6.08 Å². The van der Waals surface area contributed by atoms with E-state index < -0.39 is 17.8 Å². The fraction of sp³-hybridized carbons (Fsp3) is 0.389. The molecule has 2 N–H and O–H groups in total. The summed E-state index contributed by atoms with van der Waals surface area (Å²) in [6.45, 7) is 8.38. The lowest BCUT2D eigenvalue weighted by Crippen LogP contribution is -2.51. The number of carbonyl (C=O) groups excluding carboxylic acids is 3. The summed E-state index contributed by atoms with van der Waals surface area (Å²) >= 11 is 0. The average Bonchev–Trinajstić information content (AvgIpc) is 2.58. The van der Waals surface area contributed by atoms with Crippen molar-refractivity contribution in [2.24, 2.45) is 0 Å². The highest BCUT2D eigenvalue weighted by Gasteiger charge is 2.28. The number of barbiturate groups is 1. The van der Waals surface area contributed by atoms with E-state index in [2.05, 4.69) is 29.4 Å². The zero-order chi connectivity index (χ0) is 18.4. The van der Waals surface area contributed by atoms with Crippen LogP contribution in [-0.4, -0.2) is 37.5 Å². The maximum Gasteiger partial charge on any atom is 0.328 e. The Morgan fingerprint density at radius 2 is 1.68 bits per heavy atom. The van der Waals surface area contributed by atoms with Crippen molar-refractivity contribution in [1.29, 1.82) is 0 Å². The molecule has 1 fully saturated rings. The van der Waals surface area contributed by atoms with E-state index in [4.69, 9.17) is 4.74 Å². The largest absolute Gasteiger partial charge is 0.493 e. The second kappa shape index (κ2) is 8.32. The molecular weight excluding hydrogens is 322 g/mol. The smallest absolute Gasteiger partial charge is 0.328 e. The molecule has 0 bridgehead atoms. The second-order valence-corrected chi connectivity index (χ2v) is 5.54. The first kappa shape index (κ1) is 18.5. The van der Waals surface area contributed by atoms with Gasteiger partial charge in [0.05, 0.1) is 6.61 Å². The topological polar surface area (TPSA) is 87.7 Å². The van der Waals surface area contributed by atoms with Gasteiger partial charge in [0.25, 0.3) is 11.8 Å². The Kier molecular flexibility index (Phi) is 6.16. The van der Waals surface area contributed by atoms with Crippen LogP contribution in [0.1, 0.15) is 32.8 Å². The van der Waals surface area contributed by atoms with Gasteiger partial charge < -0.3 is 9.64 Å². The Labute approximate surface area is 147 Å². The Bertz CT molecular complexity index is 686. The first-order valence-corrected chi connectivity index (χ1v) is 8.40. The van der Waals surface area contributed by atoms with E-state index in [-0.39, 0.29) is 5.57 Å². The summed E-state index contributed by atoms with van der Waals surface area (Å²) in [4.78, 5) is 37.1. The van der Waals surface area contributed by atoms with Crippen molar-refractivity contribution in [1.82, 2.24) is 10.6 Å². The number of ether oxygens (including phenoxy) is 1. The van der Waals surface area contributed by atoms with Crippen LogP contribution in [0.3, 0.4) is 0 Å². The number of rotatable bonds is 7. The van der Waals surface area contributed by atoms with Crippen LogP contribution in [0.4, 0.5) is 10.5 Å². The Hall–Kier alpha value is -2.83. The predicted molar refractivity (Wildman–Crippen MR) is 95.4 cm³/mol. The first-order chi connectivity index (χ1) is 12.0. The minimum atomic E-state index is -0.813. The van der Waals surface area contributed by atoms with Crippen molar-refractivity contribution in [2.75, 3.05) is 24.6 Å². The molecule has 25 heavy (non-hydrogen) atoms. The van der Waals surface area contributed by atoms with Crippen LogP contribution < -0.4 is 20.3 Å². The number of carbonyl (C=O) groups is 3. The lowest BCUT2D eigenvalue weighted by atomic mass is 10.1. The van der Waals surface area contributed by atoms with Crippen LogP contribution in [0.15, 0.2) is 23.8 Å². The summed E-state index contributed by atoms with van der Waals surface area (Å²) in [5.41, 5.74) is 1.49. The third-order valence-corrected chi connectivity index (χ3v) is 3.83. The number of nitrogens with one attached hydrogen (secondary N) is 2. The Balaban J connectivity index is 2.41. The highest BCUT2D eigenvalue weighted by molar-refractivity contribution is 6.31. The molecule has 134 valence electrons. The second-order valence-electron chi connectivity index (χ2n) is 5.54. The van der Waals surface area contributed by atoms with Gasteiger partial charge in [-0.3, -0.25) is 20.2 Å². The number of benzene rings is 1. The molecule has 0 atom stereocenters. The molecule has 4 amide bonds. The minimum absolute atomic E-state index is 0.128. The molecule has 0 radical (unpaired) electrons. The van der Waals surface area contributed by atoms with Gasteiger partial charge in [-0.25, -0.2) is 4.79 Å². The monoisotopic (exact) mass is 345 g/mol. The number of urea groups is 1. The van der Waals surface area contributed by atoms with Crippen molar-refractivity contribution in [3.8, 4) is 5.75 Å². The number of amides is 4. The summed E-state index contributed by atoms with van der Waals surface area (Å²) in [5, 5.41) is 4.13. The van der Waals surface area contributed by atoms with E-state index in [1.54, 1.807) is 0 Å². The molecule has 1 saturated heterocycles. The quantitative estimate of drug-likeness (QED) is 0.583. The van der Waals surface area contributed by atoms with Gasteiger partial charge in [-0.05, 0) is 38.5 Å². The van der Waals surface area contributed by atoms with Crippen LogP contribution in [0.2, 0.25) is 0 Å². The molecule has 1 aromatic rings. The summed E-state index contributed by atoms with van der Waals surface area (Å²) in [6.07, 6.45) is 2.27. The zero-order valence-electron chi connectivity index (χ0n) is 14.7. The van der Waals surface area contributed by atoms with Crippen molar-refractivity contribution in [3.63, 3.8) is 0 Å². The van der Waals surface area contributed by atoms with Gasteiger partial charge in [-0.2, -0.15) is 0 Å². The number of nitrogens with zero attached hydrogens (tertiary/aromatic N) is 1. The number of hydrogen-bond donors (Lipinski definition) is 2. The van der Waals surface area contributed by atoms with Crippen LogP contribution in [0.5, 0.6) is 5.75 Å². The molecular formula is C18H23N3O4. The van der Waals surface area contributed by atoms with Crippen molar-refractivity contribution < 1.29 is 19.1 Å². The number of hydrogen-bond acceptors (Lipinski definition) is 5. The summed E-state index contributed by atoms with van der Waals surface area (Å²) in [5.74, 6) is -0.845. The van der Waals surface area contributed by atoms with Crippen LogP contribution in [-0.2, 0) is 9.59 Å². The maximum atomic E-state index is 11.9. The van der Waals surface area contributed by atoms with Gasteiger partial charge in [0, 0.05) is 30.4 Å². The van der Waals surface area contributed by atoms with Crippen LogP contribution >= 0.6 is 0 Å². The SMILES string of the molecule is CCCOc1cc(N(CC)CC)ccc1C=C1C(=O)NC(=O)NC1=O. The standard InChI is InChI=1S/C18H23N3O4/c1-4-9-25-15-11-13(21(5-2)6-3)8-7-12(15)10-14-16(22)19-18(24)20-17(14)23/h7-8,10-11H,4-6,9H2,1-3H3,(H2,19,20,22,23,24). The molecule has 0 saturated carbocycles. The molecule has 1 aromatic carbocycles. The number of anilines is 1. The molecule has 7 heteroatoms. The van der Waals surface area contributed by atoms with Crippen molar-refractivity contribution >= 4 is 29.6 Å². The Morgan fingerprint density at radius 1 is 1.04 bits per heavy atom. The molecule has 1 aliphatic heterocycles. The van der Waals surface area contributed by atoms with Gasteiger partial charge in [-0.15, -0.1) is 0 Å².